The molecule has 3 amide bonds. The van der Waals surface area contributed by atoms with Crippen molar-refractivity contribution in [3.63, 3.8) is 0 Å². The Bertz CT molecular complexity index is 1270. The number of methoxy groups -OCH3 is 2. The molecule has 4 rings (SSSR count). The summed E-state index contributed by atoms with van der Waals surface area (Å²) < 4.78 is 10.6. The fraction of sp³-hybridized carbons (Fsp3) is 0.333. The van der Waals surface area contributed by atoms with E-state index in [-0.39, 0.29) is 11.9 Å². The molecule has 0 bridgehead atoms. The summed E-state index contributed by atoms with van der Waals surface area (Å²) in [6, 6.07) is 20.7. The lowest BCUT2D eigenvalue weighted by Gasteiger charge is -2.38. The van der Waals surface area contributed by atoms with Crippen LogP contribution in [0.5, 0.6) is 5.75 Å². The first-order valence-electron chi connectivity index (χ1n) is 13.2. The molecule has 0 spiro atoms. The van der Waals surface area contributed by atoms with Crippen LogP contribution in [0, 0.1) is 6.92 Å². The fourth-order valence-corrected chi connectivity index (χ4v) is 4.68. The van der Waals surface area contributed by atoms with Crippen molar-refractivity contribution < 1.29 is 19.1 Å². The molecule has 0 aliphatic carbocycles. The molecule has 0 saturated carbocycles. The third-order valence-electron chi connectivity index (χ3n) is 6.63. The average molecular weight is 532 g/mol. The highest BCUT2D eigenvalue weighted by molar-refractivity contribution is 6.04. The maximum Gasteiger partial charge on any atom is 0.323 e. The summed E-state index contributed by atoms with van der Waals surface area (Å²) >= 11 is 0. The van der Waals surface area contributed by atoms with Crippen LogP contribution < -0.4 is 30.5 Å². The topological polar surface area (TPSA) is 95.2 Å². The molecule has 1 aliphatic rings. The second-order valence-corrected chi connectivity index (χ2v) is 9.43. The van der Waals surface area contributed by atoms with Crippen LogP contribution in [-0.2, 0) is 4.74 Å². The van der Waals surface area contributed by atoms with Gasteiger partial charge < -0.3 is 35.2 Å². The molecule has 9 nitrogen and oxygen atoms in total. The van der Waals surface area contributed by atoms with Gasteiger partial charge in [-0.2, -0.15) is 0 Å². The Hall–Kier alpha value is -4.24. The highest BCUT2D eigenvalue weighted by Crippen LogP contribution is 2.31. The van der Waals surface area contributed by atoms with Crippen LogP contribution in [0.3, 0.4) is 0 Å². The zero-order chi connectivity index (χ0) is 27.6. The van der Waals surface area contributed by atoms with Gasteiger partial charge in [-0.3, -0.25) is 4.79 Å². The normalized spacial score (nSPS) is 13.1. The first-order chi connectivity index (χ1) is 19.0. The number of ether oxygens (including phenoxy) is 2. The summed E-state index contributed by atoms with van der Waals surface area (Å²) in [5, 5.41) is 8.70. The lowest BCUT2D eigenvalue weighted by atomic mass is 10.1. The van der Waals surface area contributed by atoms with E-state index in [2.05, 4.69) is 31.8 Å². The van der Waals surface area contributed by atoms with Crippen molar-refractivity contribution in [1.29, 1.82) is 0 Å². The number of rotatable bonds is 10. The minimum absolute atomic E-state index is 0.184. The Kier molecular flexibility index (Phi) is 9.64. The molecule has 3 N–H and O–H groups in total. The van der Waals surface area contributed by atoms with Crippen molar-refractivity contribution in [3.8, 4) is 5.75 Å². The number of anilines is 4. The van der Waals surface area contributed by atoms with Gasteiger partial charge in [-0.15, -0.1) is 0 Å². The van der Waals surface area contributed by atoms with Gasteiger partial charge in [0.2, 0.25) is 0 Å². The Morgan fingerprint density at radius 1 is 0.821 bits per heavy atom. The number of nitrogens with one attached hydrogen (secondary N) is 3. The SMILES string of the molecule is COCCCNC(=O)c1cc(NC(=O)Nc2cccc(C)c2)ccc1N1CCN(c2ccccc2OC)CC1. The predicted octanol–water partition coefficient (Wildman–Crippen LogP) is 4.74. The molecule has 0 radical (unpaired) electrons. The average Bonchev–Trinajstić information content (AvgIpc) is 2.95. The number of urea groups is 1. The molecular formula is C30H37N5O4. The number of hydrogen-bond acceptors (Lipinski definition) is 6. The van der Waals surface area contributed by atoms with E-state index in [4.69, 9.17) is 9.47 Å². The van der Waals surface area contributed by atoms with Crippen LogP contribution in [0.2, 0.25) is 0 Å². The zero-order valence-electron chi connectivity index (χ0n) is 22.8. The Labute approximate surface area is 230 Å². The first kappa shape index (κ1) is 27.8. The number of aryl methyl sites for hydroxylation is 1. The molecule has 206 valence electrons. The second-order valence-electron chi connectivity index (χ2n) is 9.43. The number of carbonyl (C=O) groups is 2. The number of benzene rings is 3. The van der Waals surface area contributed by atoms with Crippen LogP contribution in [0.25, 0.3) is 0 Å². The third kappa shape index (κ3) is 7.42. The Balaban J connectivity index is 1.49. The molecule has 1 heterocycles. The summed E-state index contributed by atoms with van der Waals surface area (Å²) in [7, 11) is 3.32. The highest BCUT2D eigenvalue weighted by Gasteiger charge is 2.24. The maximum atomic E-state index is 13.3. The van der Waals surface area contributed by atoms with Gasteiger partial charge >= 0.3 is 6.03 Å². The highest BCUT2D eigenvalue weighted by atomic mass is 16.5. The smallest absolute Gasteiger partial charge is 0.323 e. The molecule has 9 heteroatoms. The molecule has 0 unspecified atom stereocenters. The van der Waals surface area contributed by atoms with Gasteiger partial charge in [0.25, 0.3) is 5.91 Å². The lowest BCUT2D eigenvalue weighted by molar-refractivity contribution is 0.0949. The Morgan fingerprint density at radius 3 is 2.21 bits per heavy atom. The van der Waals surface area contributed by atoms with E-state index in [0.29, 0.717) is 36.5 Å². The lowest BCUT2D eigenvalue weighted by Crippen LogP contribution is -2.47. The van der Waals surface area contributed by atoms with Crippen LogP contribution in [0.15, 0.2) is 66.7 Å². The molecule has 3 aromatic rings. The molecule has 1 aliphatic heterocycles. The fourth-order valence-electron chi connectivity index (χ4n) is 4.68. The number of hydrogen-bond donors (Lipinski definition) is 3. The first-order valence-corrected chi connectivity index (χ1v) is 13.2. The standard InChI is InChI=1S/C30H37N5O4/c1-22-8-6-9-23(20-22)32-30(37)33-24-12-13-26(25(21-24)29(36)31-14-7-19-38-2)34-15-17-35(18-16-34)27-10-4-5-11-28(27)39-3/h4-6,8-13,20-21H,7,14-19H2,1-3H3,(H,31,36)(H2,32,33,37). The number of carbonyl (C=O) groups excluding carboxylic acids is 2. The van der Waals surface area contributed by atoms with Crippen LogP contribution in [-0.4, -0.2) is 65.5 Å². The molecule has 0 atom stereocenters. The summed E-state index contributed by atoms with van der Waals surface area (Å²) in [6.07, 6.45) is 0.714. The van der Waals surface area contributed by atoms with Crippen molar-refractivity contribution >= 4 is 34.7 Å². The summed E-state index contributed by atoms with van der Waals surface area (Å²) in [4.78, 5) is 30.5. The summed E-state index contributed by atoms with van der Waals surface area (Å²) in [6.45, 7) is 6.08. The molecule has 3 aromatic carbocycles. The van der Waals surface area contributed by atoms with Crippen molar-refractivity contribution in [3.05, 3.63) is 77.9 Å². The van der Waals surface area contributed by atoms with Crippen molar-refractivity contribution in [1.82, 2.24) is 5.32 Å². The van der Waals surface area contributed by atoms with Gasteiger partial charge in [0.05, 0.1) is 18.4 Å². The van der Waals surface area contributed by atoms with Crippen molar-refractivity contribution in [2.75, 3.05) is 74.0 Å². The minimum Gasteiger partial charge on any atom is -0.495 e. The molecule has 39 heavy (non-hydrogen) atoms. The van der Waals surface area contributed by atoms with Gasteiger partial charge in [0.1, 0.15) is 5.75 Å². The van der Waals surface area contributed by atoms with E-state index in [0.717, 1.165) is 48.9 Å². The van der Waals surface area contributed by atoms with Crippen LogP contribution >= 0.6 is 0 Å². The van der Waals surface area contributed by atoms with Gasteiger partial charge in [0.15, 0.2) is 0 Å². The second kappa shape index (κ2) is 13.5. The number of nitrogens with zero attached hydrogens (tertiary/aromatic N) is 2. The molecule has 1 saturated heterocycles. The quantitative estimate of drug-likeness (QED) is 0.327. The van der Waals surface area contributed by atoms with Crippen molar-refractivity contribution in [2.45, 2.75) is 13.3 Å². The van der Waals surface area contributed by atoms with E-state index >= 15 is 0 Å². The predicted molar refractivity (Wildman–Crippen MR) is 157 cm³/mol. The summed E-state index contributed by atoms with van der Waals surface area (Å²) in [5.41, 5.74) is 4.71. The van der Waals surface area contributed by atoms with Crippen molar-refractivity contribution in [2.24, 2.45) is 0 Å². The van der Waals surface area contributed by atoms with E-state index in [1.807, 2.05) is 61.5 Å². The zero-order valence-corrected chi connectivity index (χ0v) is 22.8. The molecular weight excluding hydrogens is 494 g/mol. The Morgan fingerprint density at radius 2 is 1.51 bits per heavy atom. The van der Waals surface area contributed by atoms with Crippen LogP contribution in [0.4, 0.5) is 27.5 Å². The number of piperazine rings is 1. The third-order valence-corrected chi connectivity index (χ3v) is 6.63. The van der Waals surface area contributed by atoms with E-state index in [1.165, 1.54) is 0 Å². The minimum atomic E-state index is -0.370. The number of para-hydroxylation sites is 2. The summed E-state index contributed by atoms with van der Waals surface area (Å²) in [5.74, 6) is 0.664. The largest absolute Gasteiger partial charge is 0.495 e. The van der Waals surface area contributed by atoms with Gasteiger partial charge in [-0.05, 0) is 61.4 Å². The van der Waals surface area contributed by atoms with Gasteiger partial charge in [0, 0.05) is 63.5 Å². The van der Waals surface area contributed by atoms with E-state index < -0.39 is 0 Å². The van der Waals surface area contributed by atoms with Crippen LogP contribution in [0.1, 0.15) is 22.3 Å². The van der Waals surface area contributed by atoms with E-state index in [9.17, 15) is 9.59 Å². The number of amides is 3. The monoisotopic (exact) mass is 531 g/mol. The molecule has 0 aromatic heterocycles. The van der Waals surface area contributed by atoms with Gasteiger partial charge in [-0.1, -0.05) is 24.3 Å². The van der Waals surface area contributed by atoms with E-state index in [1.54, 1.807) is 20.3 Å². The maximum absolute atomic E-state index is 13.3. The van der Waals surface area contributed by atoms with Gasteiger partial charge in [-0.25, -0.2) is 4.79 Å². The molecule has 1 fully saturated rings.